The number of aryl methyl sites for hydroxylation is 1. The quantitative estimate of drug-likeness (QED) is 0.819. The van der Waals surface area contributed by atoms with Gasteiger partial charge in [0.2, 0.25) is 0 Å². The van der Waals surface area contributed by atoms with Gasteiger partial charge in [0.15, 0.2) is 0 Å². The van der Waals surface area contributed by atoms with Crippen LogP contribution in [0.15, 0.2) is 17.5 Å². The molecule has 0 atom stereocenters. The number of ketones is 1. The first kappa shape index (κ1) is 10.5. The maximum absolute atomic E-state index is 10.9. The molecule has 0 aliphatic heterocycles. The number of carbonyl (C=O) groups is 1. The first-order valence-corrected chi connectivity index (χ1v) is 6.35. The number of aromatic nitrogens is 1. The Morgan fingerprint density at radius 2 is 2.27 bits per heavy atom. The summed E-state index contributed by atoms with van der Waals surface area (Å²) in [5.41, 5.74) is 0.883. The number of nitrogens with zero attached hydrogens (tertiary/aromatic N) is 1. The van der Waals surface area contributed by atoms with Gasteiger partial charge in [0.1, 0.15) is 10.8 Å². The van der Waals surface area contributed by atoms with Crippen LogP contribution in [0, 0.1) is 6.92 Å². The van der Waals surface area contributed by atoms with E-state index in [-0.39, 0.29) is 5.78 Å². The monoisotopic (exact) mass is 237 g/mol. The lowest BCUT2D eigenvalue weighted by atomic mass is 10.2. The number of thiophene rings is 1. The molecule has 2 rings (SSSR count). The van der Waals surface area contributed by atoms with E-state index in [0.717, 1.165) is 10.7 Å². The van der Waals surface area contributed by atoms with E-state index in [9.17, 15) is 4.79 Å². The minimum atomic E-state index is 0.161. The lowest BCUT2D eigenvalue weighted by Gasteiger charge is -1.89. The zero-order valence-electron chi connectivity index (χ0n) is 8.61. The number of thiazole rings is 1. The Labute approximate surface area is 96.6 Å². The Bertz CT molecular complexity index is 484. The Morgan fingerprint density at radius 3 is 2.87 bits per heavy atom. The van der Waals surface area contributed by atoms with Crippen molar-refractivity contribution in [2.24, 2.45) is 0 Å². The third-order valence-electron chi connectivity index (χ3n) is 1.93. The van der Waals surface area contributed by atoms with Gasteiger partial charge in [-0.05, 0) is 26.0 Å². The van der Waals surface area contributed by atoms with Gasteiger partial charge in [-0.1, -0.05) is 0 Å². The SMILES string of the molecule is CC(=O)Cc1csc(-c2ccc(C)s2)n1. The van der Waals surface area contributed by atoms with Gasteiger partial charge in [-0.3, -0.25) is 4.79 Å². The van der Waals surface area contributed by atoms with Crippen LogP contribution in [-0.2, 0) is 11.2 Å². The molecule has 15 heavy (non-hydrogen) atoms. The van der Waals surface area contributed by atoms with Crippen molar-refractivity contribution >= 4 is 28.5 Å². The Morgan fingerprint density at radius 1 is 1.47 bits per heavy atom. The van der Waals surface area contributed by atoms with E-state index in [0.29, 0.717) is 6.42 Å². The fourth-order valence-corrected chi connectivity index (χ4v) is 3.07. The molecule has 0 fully saturated rings. The van der Waals surface area contributed by atoms with Crippen LogP contribution in [0.25, 0.3) is 9.88 Å². The van der Waals surface area contributed by atoms with Crippen molar-refractivity contribution < 1.29 is 4.79 Å². The molecule has 0 unspecified atom stereocenters. The first-order valence-electron chi connectivity index (χ1n) is 4.66. The van der Waals surface area contributed by atoms with Crippen LogP contribution in [0.2, 0.25) is 0 Å². The Hall–Kier alpha value is -1.00. The second kappa shape index (κ2) is 4.24. The summed E-state index contributed by atoms with van der Waals surface area (Å²) in [4.78, 5) is 17.8. The van der Waals surface area contributed by atoms with Crippen molar-refractivity contribution in [3.63, 3.8) is 0 Å². The van der Waals surface area contributed by atoms with Gasteiger partial charge in [0, 0.05) is 16.7 Å². The van der Waals surface area contributed by atoms with Gasteiger partial charge in [0.25, 0.3) is 0 Å². The maximum atomic E-state index is 10.9. The molecule has 2 aromatic rings. The average molecular weight is 237 g/mol. The van der Waals surface area contributed by atoms with Crippen molar-refractivity contribution in [3.8, 4) is 9.88 Å². The summed E-state index contributed by atoms with van der Waals surface area (Å²) in [7, 11) is 0. The summed E-state index contributed by atoms with van der Waals surface area (Å²) in [5, 5.41) is 2.98. The van der Waals surface area contributed by atoms with Gasteiger partial charge >= 0.3 is 0 Å². The summed E-state index contributed by atoms with van der Waals surface area (Å²) >= 11 is 3.34. The molecule has 0 bridgehead atoms. The lowest BCUT2D eigenvalue weighted by molar-refractivity contribution is -0.116. The average Bonchev–Trinajstić information content (AvgIpc) is 2.72. The molecule has 2 heterocycles. The van der Waals surface area contributed by atoms with E-state index >= 15 is 0 Å². The Balaban J connectivity index is 2.23. The van der Waals surface area contributed by atoms with E-state index in [1.54, 1.807) is 29.6 Å². The normalized spacial score (nSPS) is 10.5. The highest BCUT2D eigenvalue weighted by molar-refractivity contribution is 7.21. The van der Waals surface area contributed by atoms with Crippen molar-refractivity contribution in [2.75, 3.05) is 0 Å². The van der Waals surface area contributed by atoms with Gasteiger partial charge in [-0.25, -0.2) is 4.98 Å². The van der Waals surface area contributed by atoms with E-state index in [1.807, 2.05) is 5.38 Å². The highest BCUT2D eigenvalue weighted by atomic mass is 32.1. The van der Waals surface area contributed by atoms with E-state index < -0.39 is 0 Å². The lowest BCUT2D eigenvalue weighted by Crippen LogP contribution is -1.95. The molecule has 4 heteroatoms. The second-order valence-corrected chi connectivity index (χ2v) is 5.58. The van der Waals surface area contributed by atoms with Crippen LogP contribution in [0.5, 0.6) is 0 Å². The number of carbonyl (C=O) groups excluding carboxylic acids is 1. The smallest absolute Gasteiger partial charge is 0.135 e. The highest BCUT2D eigenvalue weighted by Crippen LogP contribution is 2.30. The van der Waals surface area contributed by atoms with Crippen LogP contribution in [0.3, 0.4) is 0 Å². The van der Waals surface area contributed by atoms with Crippen LogP contribution in [0.1, 0.15) is 17.5 Å². The van der Waals surface area contributed by atoms with E-state index in [1.165, 1.54) is 9.75 Å². The van der Waals surface area contributed by atoms with Crippen molar-refractivity contribution in [3.05, 3.63) is 28.1 Å². The van der Waals surface area contributed by atoms with Crippen LogP contribution >= 0.6 is 22.7 Å². The largest absolute Gasteiger partial charge is 0.300 e. The summed E-state index contributed by atoms with van der Waals surface area (Å²) < 4.78 is 0. The van der Waals surface area contributed by atoms with Gasteiger partial charge in [-0.2, -0.15) is 0 Å². The summed E-state index contributed by atoms with van der Waals surface area (Å²) in [6.07, 6.45) is 0.445. The molecule has 2 nitrogen and oxygen atoms in total. The molecular weight excluding hydrogens is 226 g/mol. The predicted octanol–water partition coefficient (Wildman–Crippen LogP) is 3.31. The minimum absolute atomic E-state index is 0.161. The van der Waals surface area contributed by atoms with Crippen LogP contribution in [0.4, 0.5) is 0 Å². The molecule has 0 radical (unpaired) electrons. The van der Waals surface area contributed by atoms with E-state index in [2.05, 4.69) is 24.0 Å². The summed E-state index contributed by atoms with van der Waals surface area (Å²) in [5.74, 6) is 0.161. The van der Waals surface area contributed by atoms with Crippen molar-refractivity contribution in [1.29, 1.82) is 0 Å². The number of Topliss-reactive ketones (excluding diaryl/α,β-unsaturated/α-hetero) is 1. The maximum Gasteiger partial charge on any atom is 0.135 e. The highest BCUT2D eigenvalue weighted by Gasteiger charge is 2.07. The molecule has 0 amide bonds. The molecular formula is C11H11NOS2. The topological polar surface area (TPSA) is 30.0 Å². The molecule has 0 aliphatic rings. The number of hydrogen-bond acceptors (Lipinski definition) is 4. The third-order valence-corrected chi connectivity index (χ3v) is 3.99. The fourth-order valence-electron chi connectivity index (χ4n) is 1.31. The summed E-state index contributed by atoms with van der Waals surface area (Å²) in [6.45, 7) is 3.67. The molecule has 0 saturated heterocycles. The van der Waals surface area contributed by atoms with E-state index in [4.69, 9.17) is 0 Å². The zero-order valence-corrected chi connectivity index (χ0v) is 10.2. The molecule has 0 saturated carbocycles. The third kappa shape index (κ3) is 2.52. The first-order chi connectivity index (χ1) is 7.15. The molecule has 0 aromatic carbocycles. The Kier molecular flexibility index (Phi) is 2.98. The zero-order chi connectivity index (χ0) is 10.8. The van der Waals surface area contributed by atoms with Crippen LogP contribution in [-0.4, -0.2) is 10.8 Å². The van der Waals surface area contributed by atoms with Gasteiger partial charge in [-0.15, -0.1) is 22.7 Å². The molecule has 0 aliphatic carbocycles. The van der Waals surface area contributed by atoms with Crippen molar-refractivity contribution in [2.45, 2.75) is 20.3 Å². The summed E-state index contributed by atoms with van der Waals surface area (Å²) in [6, 6.07) is 4.17. The predicted molar refractivity (Wildman–Crippen MR) is 64.5 cm³/mol. The standard InChI is InChI=1S/C11H11NOS2/c1-7(13)5-9-6-14-11(12-9)10-4-3-8(2)15-10/h3-4,6H,5H2,1-2H3. The van der Waals surface area contributed by atoms with Crippen molar-refractivity contribution in [1.82, 2.24) is 4.98 Å². The number of rotatable bonds is 3. The molecule has 78 valence electrons. The van der Waals surface area contributed by atoms with Crippen LogP contribution < -0.4 is 0 Å². The number of hydrogen-bond donors (Lipinski definition) is 0. The fraction of sp³-hybridized carbons (Fsp3) is 0.273. The van der Waals surface area contributed by atoms with Gasteiger partial charge < -0.3 is 0 Å². The molecule has 0 spiro atoms. The second-order valence-electron chi connectivity index (χ2n) is 3.43. The molecule has 0 N–H and O–H groups in total. The molecule has 2 aromatic heterocycles. The van der Waals surface area contributed by atoms with Gasteiger partial charge in [0.05, 0.1) is 10.6 Å². The minimum Gasteiger partial charge on any atom is -0.300 e.